The Labute approximate surface area is 147 Å². The van der Waals surface area contributed by atoms with Crippen LogP contribution in [0, 0.1) is 0 Å². The number of carbonyl (C=O) groups excluding carboxylic acids is 1. The van der Waals surface area contributed by atoms with Gasteiger partial charge in [-0.15, -0.1) is 0 Å². The van der Waals surface area contributed by atoms with Gasteiger partial charge in [-0.05, 0) is 42.0 Å². The first-order chi connectivity index (χ1) is 11.7. The summed E-state index contributed by atoms with van der Waals surface area (Å²) in [5.41, 5.74) is 2.19. The quantitative estimate of drug-likeness (QED) is 0.682. The van der Waals surface area contributed by atoms with Crippen LogP contribution < -0.4 is 10.6 Å². The Balaban J connectivity index is 1.73. The Hall–Kier alpha value is -2.04. The van der Waals surface area contributed by atoms with Crippen LogP contribution in [-0.2, 0) is 6.54 Å². The summed E-state index contributed by atoms with van der Waals surface area (Å²) in [6.07, 6.45) is 1.48. The molecule has 1 atom stereocenters. The molecule has 2 rings (SSSR count). The summed E-state index contributed by atoms with van der Waals surface area (Å²) < 4.78 is 0. The van der Waals surface area contributed by atoms with Gasteiger partial charge in [0.2, 0.25) is 0 Å². The van der Waals surface area contributed by atoms with E-state index < -0.39 is 0 Å². The van der Waals surface area contributed by atoms with Gasteiger partial charge >= 0.3 is 6.03 Å². The monoisotopic (exact) mass is 346 g/mol. The number of hydrogen-bond donors (Lipinski definition) is 3. The second-order valence-corrected chi connectivity index (χ2v) is 6.08. The maximum Gasteiger partial charge on any atom is 0.315 e. The molecule has 0 saturated heterocycles. The van der Waals surface area contributed by atoms with Gasteiger partial charge in [0.15, 0.2) is 0 Å². The van der Waals surface area contributed by atoms with Gasteiger partial charge in [-0.2, -0.15) is 0 Å². The fraction of sp³-hybridized carbons (Fsp3) is 0.316. The molecule has 0 aromatic heterocycles. The molecule has 0 heterocycles. The van der Waals surface area contributed by atoms with Gasteiger partial charge in [0.1, 0.15) is 0 Å². The summed E-state index contributed by atoms with van der Waals surface area (Å²) in [6, 6.07) is 17.2. The second kappa shape index (κ2) is 9.96. The van der Waals surface area contributed by atoms with Crippen molar-refractivity contribution in [1.29, 1.82) is 0 Å². The molecule has 0 radical (unpaired) electrons. The molecule has 0 aliphatic carbocycles. The number of rotatable bonds is 8. The van der Waals surface area contributed by atoms with E-state index in [-0.39, 0.29) is 18.6 Å². The van der Waals surface area contributed by atoms with Crippen LogP contribution in [0.4, 0.5) is 4.79 Å². The van der Waals surface area contributed by atoms with Gasteiger partial charge in [-0.3, -0.25) is 0 Å². The summed E-state index contributed by atoms with van der Waals surface area (Å²) in [5.74, 6) is 0.243. The van der Waals surface area contributed by atoms with Crippen molar-refractivity contribution in [2.45, 2.75) is 25.3 Å². The highest BCUT2D eigenvalue weighted by molar-refractivity contribution is 6.30. The summed E-state index contributed by atoms with van der Waals surface area (Å²) in [5, 5.41) is 15.6. The number of amides is 2. The SMILES string of the molecule is O=C(NCC[C@@H](CCO)c1ccccc1)NCc1ccc(Cl)cc1. The second-order valence-electron chi connectivity index (χ2n) is 5.64. The van der Waals surface area contributed by atoms with E-state index in [0.29, 0.717) is 24.5 Å². The molecular formula is C19H23ClN2O2. The molecule has 0 spiro atoms. The smallest absolute Gasteiger partial charge is 0.315 e. The van der Waals surface area contributed by atoms with Gasteiger partial charge in [0.05, 0.1) is 0 Å². The van der Waals surface area contributed by atoms with Crippen molar-refractivity contribution in [3.63, 3.8) is 0 Å². The van der Waals surface area contributed by atoms with E-state index in [1.807, 2.05) is 30.3 Å². The van der Waals surface area contributed by atoms with Gasteiger partial charge < -0.3 is 15.7 Å². The molecule has 0 unspecified atom stereocenters. The van der Waals surface area contributed by atoms with Crippen LogP contribution in [0.1, 0.15) is 29.9 Å². The first kappa shape index (κ1) is 18.3. The number of benzene rings is 2. The Bertz CT molecular complexity index is 617. The normalized spacial score (nSPS) is 11.8. The highest BCUT2D eigenvalue weighted by Crippen LogP contribution is 2.22. The predicted molar refractivity (Wildman–Crippen MR) is 97.2 cm³/mol. The minimum atomic E-state index is -0.194. The van der Waals surface area contributed by atoms with E-state index in [2.05, 4.69) is 22.8 Å². The van der Waals surface area contributed by atoms with Crippen molar-refractivity contribution in [3.8, 4) is 0 Å². The summed E-state index contributed by atoms with van der Waals surface area (Å²) in [4.78, 5) is 11.9. The highest BCUT2D eigenvalue weighted by atomic mass is 35.5. The van der Waals surface area contributed by atoms with Crippen LogP contribution in [0.15, 0.2) is 54.6 Å². The Morgan fingerprint density at radius 2 is 1.71 bits per heavy atom. The zero-order valence-corrected chi connectivity index (χ0v) is 14.3. The van der Waals surface area contributed by atoms with Crippen molar-refractivity contribution in [2.75, 3.05) is 13.2 Å². The molecule has 2 aromatic rings. The molecule has 0 aliphatic rings. The van der Waals surface area contributed by atoms with Crippen LogP contribution >= 0.6 is 11.6 Å². The molecule has 5 heteroatoms. The molecule has 24 heavy (non-hydrogen) atoms. The molecule has 2 amide bonds. The lowest BCUT2D eigenvalue weighted by molar-refractivity contribution is 0.239. The maximum absolute atomic E-state index is 11.9. The van der Waals surface area contributed by atoms with Crippen LogP contribution in [0.25, 0.3) is 0 Å². The zero-order chi connectivity index (χ0) is 17.2. The van der Waals surface area contributed by atoms with Crippen LogP contribution in [0.5, 0.6) is 0 Å². The molecule has 128 valence electrons. The van der Waals surface area contributed by atoms with Gasteiger partial charge in [0.25, 0.3) is 0 Å². The van der Waals surface area contributed by atoms with Crippen molar-refractivity contribution >= 4 is 17.6 Å². The van der Waals surface area contributed by atoms with Crippen LogP contribution in [0.2, 0.25) is 5.02 Å². The molecule has 0 bridgehead atoms. The molecule has 3 N–H and O–H groups in total. The predicted octanol–water partition coefficient (Wildman–Crippen LogP) is 3.70. The molecular weight excluding hydrogens is 324 g/mol. The van der Waals surface area contributed by atoms with E-state index in [9.17, 15) is 9.90 Å². The molecule has 2 aromatic carbocycles. The molecule has 0 aliphatic heterocycles. The van der Waals surface area contributed by atoms with E-state index >= 15 is 0 Å². The first-order valence-corrected chi connectivity index (χ1v) is 8.49. The van der Waals surface area contributed by atoms with Crippen LogP contribution in [0.3, 0.4) is 0 Å². The summed E-state index contributed by atoms with van der Waals surface area (Å²) in [7, 11) is 0. The highest BCUT2D eigenvalue weighted by Gasteiger charge is 2.11. The van der Waals surface area contributed by atoms with Crippen molar-refractivity contribution < 1.29 is 9.90 Å². The average molecular weight is 347 g/mol. The third-order valence-electron chi connectivity index (χ3n) is 3.89. The number of hydrogen-bond acceptors (Lipinski definition) is 2. The van der Waals surface area contributed by atoms with E-state index in [0.717, 1.165) is 12.0 Å². The van der Waals surface area contributed by atoms with E-state index in [1.54, 1.807) is 12.1 Å². The first-order valence-electron chi connectivity index (χ1n) is 8.11. The largest absolute Gasteiger partial charge is 0.396 e. The van der Waals surface area contributed by atoms with Crippen molar-refractivity contribution in [2.24, 2.45) is 0 Å². The molecule has 4 nitrogen and oxygen atoms in total. The minimum Gasteiger partial charge on any atom is -0.396 e. The van der Waals surface area contributed by atoms with Crippen molar-refractivity contribution in [1.82, 2.24) is 10.6 Å². The van der Waals surface area contributed by atoms with Crippen molar-refractivity contribution in [3.05, 3.63) is 70.7 Å². The Kier molecular flexibility index (Phi) is 7.59. The zero-order valence-electron chi connectivity index (χ0n) is 13.5. The Morgan fingerprint density at radius 1 is 1.00 bits per heavy atom. The fourth-order valence-electron chi connectivity index (χ4n) is 2.57. The lowest BCUT2D eigenvalue weighted by Crippen LogP contribution is -2.36. The lowest BCUT2D eigenvalue weighted by Gasteiger charge is -2.17. The van der Waals surface area contributed by atoms with Gasteiger partial charge in [-0.25, -0.2) is 4.79 Å². The number of nitrogens with one attached hydrogen (secondary N) is 2. The third-order valence-corrected chi connectivity index (χ3v) is 4.15. The standard InChI is InChI=1S/C19H23ClN2O2/c20-18-8-6-15(7-9-18)14-22-19(24)21-12-10-17(11-13-23)16-4-2-1-3-5-16/h1-9,17,23H,10-14H2,(H2,21,22,24)/t17-/m0/s1. The maximum atomic E-state index is 11.9. The van der Waals surface area contributed by atoms with Gasteiger partial charge in [-0.1, -0.05) is 54.1 Å². The lowest BCUT2D eigenvalue weighted by atomic mass is 9.93. The average Bonchev–Trinajstić information content (AvgIpc) is 2.61. The van der Waals surface area contributed by atoms with E-state index in [1.165, 1.54) is 5.56 Å². The molecule has 0 fully saturated rings. The summed E-state index contributed by atoms with van der Waals surface area (Å²) in [6.45, 7) is 1.16. The van der Waals surface area contributed by atoms with E-state index in [4.69, 9.17) is 11.6 Å². The Morgan fingerprint density at radius 3 is 2.38 bits per heavy atom. The van der Waals surface area contributed by atoms with Gasteiger partial charge in [0, 0.05) is 24.7 Å². The number of aliphatic hydroxyl groups is 1. The number of urea groups is 1. The minimum absolute atomic E-state index is 0.141. The topological polar surface area (TPSA) is 61.4 Å². The molecule has 0 saturated carbocycles. The summed E-state index contributed by atoms with van der Waals surface area (Å²) >= 11 is 5.83. The third kappa shape index (κ3) is 6.22. The fourth-order valence-corrected chi connectivity index (χ4v) is 2.69. The number of aliphatic hydroxyl groups excluding tert-OH is 1. The number of halogens is 1. The van der Waals surface area contributed by atoms with Crippen LogP contribution in [-0.4, -0.2) is 24.3 Å². The number of carbonyl (C=O) groups is 1.